The number of aromatic amines is 1. The molecule has 1 aromatic heterocycles. The summed E-state index contributed by atoms with van der Waals surface area (Å²) in [6.45, 7) is 6.22. The molecule has 1 unspecified atom stereocenters. The Balaban J connectivity index is 3.22. The third-order valence-electron chi connectivity index (χ3n) is 2.43. The molecule has 0 aromatic carbocycles. The van der Waals surface area contributed by atoms with E-state index in [-0.39, 0.29) is 5.56 Å². The van der Waals surface area contributed by atoms with E-state index in [9.17, 15) is 4.79 Å². The van der Waals surface area contributed by atoms with Gasteiger partial charge in [-0.25, -0.2) is 0 Å². The van der Waals surface area contributed by atoms with Crippen molar-refractivity contribution in [3.8, 4) is 0 Å². The number of rotatable bonds is 3. The van der Waals surface area contributed by atoms with E-state index in [0.717, 1.165) is 17.7 Å². The molecule has 0 aliphatic rings. The SMILES string of the molecule is C/C=C\c1ccc(=O)[nH]c1C(C)CC. The van der Waals surface area contributed by atoms with Gasteiger partial charge in [-0.2, -0.15) is 0 Å². The fraction of sp³-hybridized carbons (Fsp3) is 0.417. The number of allylic oxidation sites excluding steroid dienone is 1. The number of H-pyrrole nitrogens is 1. The highest BCUT2D eigenvalue weighted by molar-refractivity contribution is 5.51. The van der Waals surface area contributed by atoms with Crippen molar-refractivity contribution < 1.29 is 0 Å². The Morgan fingerprint density at radius 1 is 1.50 bits per heavy atom. The van der Waals surface area contributed by atoms with Crippen LogP contribution < -0.4 is 5.56 Å². The maximum atomic E-state index is 11.2. The van der Waals surface area contributed by atoms with Crippen LogP contribution in [0.5, 0.6) is 0 Å². The molecule has 1 atom stereocenters. The van der Waals surface area contributed by atoms with Crippen molar-refractivity contribution in [3.63, 3.8) is 0 Å². The van der Waals surface area contributed by atoms with Gasteiger partial charge >= 0.3 is 0 Å². The Hall–Kier alpha value is -1.31. The van der Waals surface area contributed by atoms with Crippen molar-refractivity contribution in [3.05, 3.63) is 39.8 Å². The zero-order valence-corrected chi connectivity index (χ0v) is 9.00. The summed E-state index contributed by atoms with van der Waals surface area (Å²) >= 11 is 0. The Kier molecular flexibility index (Phi) is 3.69. The molecule has 2 heteroatoms. The summed E-state index contributed by atoms with van der Waals surface area (Å²) in [7, 11) is 0. The quantitative estimate of drug-likeness (QED) is 0.782. The van der Waals surface area contributed by atoms with Gasteiger partial charge in [0.2, 0.25) is 5.56 Å². The molecular weight excluding hydrogens is 174 g/mol. The fourth-order valence-corrected chi connectivity index (χ4v) is 1.44. The minimum Gasteiger partial charge on any atom is -0.325 e. The van der Waals surface area contributed by atoms with E-state index in [1.165, 1.54) is 0 Å². The van der Waals surface area contributed by atoms with E-state index in [4.69, 9.17) is 0 Å². The lowest BCUT2D eigenvalue weighted by molar-refractivity contribution is 0.703. The third-order valence-corrected chi connectivity index (χ3v) is 2.43. The Morgan fingerprint density at radius 2 is 2.21 bits per heavy atom. The molecule has 1 heterocycles. The minimum absolute atomic E-state index is 0.0199. The largest absolute Gasteiger partial charge is 0.325 e. The second-order valence-electron chi connectivity index (χ2n) is 3.50. The van der Waals surface area contributed by atoms with Crippen LogP contribution in [-0.2, 0) is 0 Å². The Labute approximate surface area is 84.7 Å². The molecule has 0 bridgehead atoms. The van der Waals surface area contributed by atoms with Crippen LogP contribution in [0.25, 0.3) is 6.08 Å². The maximum absolute atomic E-state index is 11.2. The molecule has 0 radical (unpaired) electrons. The van der Waals surface area contributed by atoms with Crippen molar-refractivity contribution in [1.82, 2.24) is 4.98 Å². The van der Waals surface area contributed by atoms with Gasteiger partial charge < -0.3 is 4.98 Å². The van der Waals surface area contributed by atoms with Gasteiger partial charge in [0.25, 0.3) is 0 Å². The summed E-state index contributed by atoms with van der Waals surface area (Å²) in [5, 5.41) is 0. The van der Waals surface area contributed by atoms with Crippen LogP contribution in [0.3, 0.4) is 0 Å². The van der Waals surface area contributed by atoms with E-state index < -0.39 is 0 Å². The highest BCUT2D eigenvalue weighted by atomic mass is 16.1. The Morgan fingerprint density at radius 3 is 2.79 bits per heavy atom. The van der Waals surface area contributed by atoms with Crippen LogP contribution in [0.1, 0.15) is 44.4 Å². The van der Waals surface area contributed by atoms with Gasteiger partial charge in [0, 0.05) is 11.8 Å². The molecule has 76 valence electrons. The fourth-order valence-electron chi connectivity index (χ4n) is 1.44. The molecule has 1 aromatic rings. The summed E-state index contributed by atoms with van der Waals surface area (Å²) in [4.78, 5) is 14.1. The molecule has 0 fully saturated rings. The molecule has 0 aliphatic carbocycles. The average Bonchev–Trinajstić information content (AvgIpc) is 2.20. The number of nitrogens with one attached hydrogen (secondary N) is 1. The number of hydrogen-bond acceptors (Lipinski definition) is 1. The van der Waals surface area contributed by atoms with Gasteiger partial charge in [0.1, 0.15) is 0 Å². The van der Waals surface area contributed by atoms with Crippen molar-refractivity contribution in [2.45, 2.75) is 33.1 Å². The lowest BCUT2D eigenvalue weighted by Gasteiger charge is -2.11. The maximum Gasteiger partial charge on any atom is 0.248 e. The summed E-state index contributed by atoms with van der Waals surface area (Å²) in [6.07, 6.45) is 5.04. The summed E-state index contributed by atoms with van der Waals surface area (Å²) < 4.78 is 0. The lowest BCUT2D eigenvalue weighted by Crippen LogP contribution is -2.10. The average molecular weight is 191 g/mol. The van der Waals surface area contributed by atoms with Crippen molar-refractivity contribution >= 4 is 6.08 Å². The zero-order valence-electron chi connectivity index (χ0n) is 9.00. The molecule has 0 saturated heterocycles. The molecule has 0 spiro atoms. The minimum atomic E-state index is -0.0199. The molecule has 1 rings (SSSR count). The van der Waals surface area contributed by atoms with Crippen LogP contribution in [0.2, 0.25) is 0 Å². The van der Waals surface area contributed by atoms with Crippen LogP contribution >= 0.6 is 0 Å². The van der Waals surface area contributed by atoms with Gasteiger partial charge in [-0.15, -0.1) is 0 Å². The molecule has 0 amide bonds. The predicted octanol–water partition coefficient (Wildman–Crippen LogP) is 2.92. The molecule has 14 heavy (non-hydrogen) atoms. The first kappa shape index (κ1) is 10.8. The first-order valence-electron chi connectivity index (χ1n) is 5.05. The van der Waals surface area contributed by atoms with E-state index in [1.807, 2.05) is 25.1 Å². The van der Waals surface area contributed by atoms with Gasteiger partial charge in [0.05, 0.1) is 0 Å². The van der Waals surface area contributed by atoms with E-state index in [1.54, 1.807) is 6.07 Å². The summed E-state index contributed by atoms with van der Waals surface area (Å²) in [6, 6.07) is 3.45. The third kappa shape index (κ3) is 2.34. The van der Waals surface area contributed by atoms with Gasteiger partial charge in [0.15, 0.2) is 0 Å². The van der Waals surface area contributed by atoms with Gasteiger partial charge in [-0.1, -0.05) is 26.0 Å². The van der Waals surface area contributed by atoms with E-state index >= 15 is 0 Å². The topological polar surface area (TPSA) is 32.9 Å². The highest BCUT2D eigenvalue weighted by Gasteiger charge is 2.07. The summed E-state index contributed by atoms with van der Waals surface area (Å²) in [5.74, 6) is 0.398. The summed E-state index contributed by atoms with van der Waals surface area (Å²) in [5.41, 5.74) is 2.13. The molecule has 0 aliphatic heterocycles. The van der Waals surface area contributed by atoms with Crippen LogP contribution in [0, 0.1) is 0 Å². The van der Waals surface area contributed by atoms with Crippen molar-refractivity contribution in [1.29, 1.82) is 0 Å². The molecule has 0 saturated carbocycles. The van der Waals surface area contributed by atoms with Crippen LogP contribution in [-0.4, -0.2) is 4.98 Å². The first-order valence-corrected chi connectivity index (χ1v) is 5.05. The lowest BCUT2D eigenvalue weighted by atomic mass is 9.99. The monoisotopic (exact) mass is 191 g/mol. The van der Waals surface area contributed by atoms with Gasteiger partial charge in [-0.05, 0) is 30.9 Å². The second kappa shape index (κ2) is 4.80. The number of hydrogen-bond donors (Lipinski definition) is 1. The van der Waals surface area contributed by atoms with Gasteiger partial charge in [-0.3, -0.25) is 4.79 Å². The van der Waals surface area contributed by atoms with Crippen LogP contribution in [0.15, 0.2) is 23.0 Å². The molecule has 1 N–H and O–H groups in total. The van der Waals surface area contributed by atoms with E-state index in [2.05, 4.69) is 18.8 Å². The predicted molar refractivity (Wildman–Crippen MR) is 60.5 cm³/mol. The molecular formula is C12H17NO. The van der Waals surface area contributed by atoms with Crippen molar-refractivity contribution in [2.75, 3.05) is 0 Å². The molecule has 2 nitrogen and oxygen atoms in total. The second-order valence-corrected chi connectivity index (χ2v) is 3.50. The van der Waals surface area contributed by atoms with E-state index in [0.29, 0.717) is 5.92 Å². The zero-order chi connectivity index (χ0) is 10.6. The first-order chi connectivity index (χ1) is 6.69. The normalized spacial score (nSPS) is 13.4. The van der Waals surface area contributed by atoms with Crippen molar-refractivity contribution in [2.24, 2.45) is 0 Å². The highest BCUT2D eigenvalue weighted by Crippen LogP contribution is 2.19. The Bertz CT molecular complexity index is 376. The number of aromatic nitrogens is 1. The number of pyridine rings is 1. The smallest absolute Gasteiger partial charge is 0.248 e. The van der Waals surface area contributed by atoms with Crippen LogP contribution in [0.4, 0.5) is 0 Å². The standard InChI is InChI=1S/C12H17NO/c1-4-6-10-7-8-11(14)13-12(10)9(3)5-2/h4,6-9H,5H2,1-3H3,(H,13,14)/b6-4-.